The summed E-state index contributed by atoms with van der Waals surface area (Å²) in [7, 11) is 0. The third kappa shape index (κ3) is 2.93. The van der Waals surface area contributed by atoms with E-state index >= 15 is 0 Å². The first-order valence-corrected chi connectivity index (χ1v) is 9.36. The summed E-state index contributed by atoms with van der Waals surface area (Å²) in [5.41, 5.74) is 0.978. The van der Waals surface area contributed by atoms with Gasteiger partial charge >= 0.3 is 11.1 Å². The van der Waals surface area contributed by atoms with Crippen LogP contribution in [0.5, 0.6) is 0 Å². The molecular weight excluding hydrogens is 408 g/mol. The molecule has 0 saturated carbocycles. The maximum atomic E-state index is 12.5. The Bertz CT molecular complexity index is 1090. The normalized spacial score (nSPS) is 16.1. The lowest BCUT2D eigenvalue weighted by molar-refractivity contribution is -0.117. The number of thiazole rings is 1. The van der Waals surface area contributed by atoms with Crippen LogP contribution < -0.4 is 16.4 Å². The van der Waals surface area contributed by atoms with E-state index in [0.717, 1.165) is 16.5 Å². The smallest absolute Gasteiger partial charge is 0.316 e. The van der Waals surface area contributed by atoms with Gasteiger partial charge in [-0.1, -0.05) is 15.9 Å². The summed E-state index contributed by atoms with van der Waals surface area (Å²) in [4.78, 5) is 43.5. The number of benzene rings is 1. The second kappa shape index (κ2) is 6.23. The minimum Gasteiger partial charge on any atom is -0.316 e. The maximum absolute atomic E-state index is 12.5. The van der Waals surface area contributed by atoms with Crippen molar-refractivity contribution in [3.05, 3.63) is 54.5 Å². The van der Waals surface area contributed by atoms with Crippen molar-refractivity contribution in [2.75, 3.05) is 5.32 Å². The average Bonchev–Trinajstić information content (AvgIpc) is 3.06. The second-order valence-electron chi connectivity index (χ2n) is 5.87. The predicted octanol–water partition coefficient (Wildman–Crippen LogP) is 2.42. The van der Waals surface area contributed by atoms with Crippen LogP contribution in [0.2, 0.25) is 0 Å². The van der Waals surface area contributed by atoms with Gasteiger partial charge in [0.1, 0.15) is 0 Å². The molecular formula is C16H13BrN4O3S. The van der Waals surface area contributed by atoms with E-state index in [9.17, 15) is 14.4 Å². The lowest BCUT2D eigenvalue weighted by Gasteiger charge is -2.27. The summed E-state index contributed by atoms with van der Waals surface area (Å²) >= 11 is 4.76. The fourth-order valence-corrected chi connectivity index (χ4v) is 4.33. The molecule has 128 valence electrons. The van der Waals surface area contributed by atoms with Crippen LogP contribution in [-0.2, 0) is 11.2 Å². The molecule has 3 aromatic rings. The van der Waals surface area contributed by atoms with Crippen LogP contribution in [-0.4, -0.2) is 20.4 Å². The molecule has 3 heterocycles. The summed E-state index contributed by atoms with van der Waals surface area (Å²) in [6, 6.07) is 3.36. The molecule has 2 N–H and O–H groups in total. The van der Waals surface area contributed by atoms with E-state index in [0.29, 0.717) is 22.6 Å². The van der Waals surface area contributed by atoms with Crippen LogP contribution in [0.15, 0.2) is 37.8 Å². The Morgan fingerprint density at radius 1 is 1.44 bits per heavy atom. The lowest BCUT2D eigenvalue weighted by Crippen LogP contribution is -2.41. The number of carbonyl (C=O) groups excluding carboxylic acids is 1. The molecule has 0 spiro atoms. The molecule has 1 aliphatic heterocycles. The number of anilines is 1. The minimum atomic E-state index is -0.677. The van der Waals surface area contributed by atoms with E-state index < -0.39 is 11.1 Å². The van der Waals surface area contributed by atoms with Gasteiger partial charge in [-0.3, -0.25) is 19.0 Å². The molecule has 1 aliphatic rings. The van der Waals surface area contributed by atoms with Gasteiger partial charge in [0.15, 0.2) is 5.13 Å². The Labute approximate surface area is 153 Å². The fourth-order valence-electron chi connectivity index (χ4n) is 3.28. The fraction of sp³-hybridized carbons (Fsp3) is 0.250. The number of nitrogens with zero attached hydrogens (tertiary/aromatic N) is 2. The van der Waals surface area contributed by atoms with Gasteiger partial charge in [0.05, 0.1) is 11.0 Å². The standard InChI is InChI=1S/C16H13BrN4O3S/c17-9-5-8-1-2-10(7-12(22)20-16-18-3-4-25-16)21-13(8)11(6-9)19-14(23)15(21)24/h3-6,10H,1-2,7H2,(H,19,23)(H,18,20,22). The maximum Gasteiger partial charge on any atom is 0.317 e. The number of hydrogen-bond acceptors (Lipinski definition) is 5. The van der Waals surface area contributed by atoms with Gasteiger partial charge < -0.3 is 10.3 Å². The molecule has 9 heteroatoms. The molecule has 25 heavy (non-hydrogen) atoms. The Kier molecular flexibility index (Phi) is 4.04. The van der Waals surface area contributed by atoms with Gasteiger partial charge in [-0.15, -0.1) is 11.3 Å². The number of halogens is 1. The molecule has 1 atom stereocenters. The largest absolute Gasteiger partial charge is 0.317 e. The molecule has 0 saturated heterocycles. The first-order chi connectivity index (χ1) is 12.0. The van der Waals surface area contributed by atoms with Crippen LogP contribution in [0, 0.1) is 0 Å². The molecule has 1 amide bonds. The van der Waals surface area contributed by atoms with Crippen LogP contribution in [0.3, 0.4) is 0 Å². The van der Waals surface area contributed by atoms with E-state index in [1.165, 1.54) is 15.9 Å². The number of rotatable bonds is 3. The molecule has 2 aromatic heterocycles. The Hall–Kier alpha value is -2.26. The van der Waals surface area contributed by atoms with Crippen LogP contribution >= 0.6 is 27.3 Å². The number of H-pyrrole nitrogens is 1. The van der Waals surface area contributed by atoms with Gasteiger partial charge in [0.2, 0.25) is 5.91 Å². The van der Waals surface area contributed by atoms with Gasteiger partial charge in [-0.05, 0) is 30.5 Å². The summed E-state index contributed by atoms with van der Waals surface area (Å²) in [5.74, 6) is -0.221. The number of aromatic amines is 1. The summed E-state index contributed by atoms with van der Waals surface area (Å²) < 4.78 is 2.32. The van der Waals surface area contributed by atoms with Crippen molar-refractivity contribution >= 4 is 49.3 Å². The molecule has 0 radical (unpaired) electrons. The SMILES string of the molecule is O=C(CC1CCc2cc(Br)cc3[nH]c(=O)c(=O)n1c23)Nc1nccs1. The highest BCUT2D eigenvalue weighted by Crippen LogP contribution is 2.32. The predicted molar refractivity (Wildman–Crippen MR) is 99.2 cm³/mol. The second-order valence-corrected chi connectivity index (χ2v) is 7.68. The molecule has 0 aliphatic carbocycles. The highest BCUT2D eigenvalue weighted by atomic mass is 79.9. The average molecular weight is 421 g/mol. The zero-order valence-electron chi connectivity index (χ0n) is 12.9. The van der Waals surface area contributed by atoms with Crippen molar-refractivity contribution in [1.82, 2.24) is 14.5 Å². The third-order valence-corrected chi connectivity index (χ3v) is 5.41. The van der Waals surface area contributed by atoms with Crippen molar-refractivity contribution in [3.63, 3.8) is 0 Å². The highest BCUT2D eigenvalue weighted by molar-refractivity contribution is 9.10. The highest BCUT2D eigenvalue weighted by Gasteiger charge is 2.26. The summed E-state index contributed by atoms with van der Waals surface area (Å²) in [5, 5.41) is 5.02. The Morgan fingerprint density at radius 2 is 2.28 bits per heavy atom. The molecule has 1 aromatic carbocycles. The number of aromatic nitrogens is 3. The number of nitrogens with one attached hydrogen (secondary N) is 2. The molecule has 4 rings (SSSR count). The summed E-state index contributed by atoms with van der Waals surface area (Å²) in [6.07, 6.45) is 3.08. The quantitative estimate of drug-likeness (QED) is 0.635. The van der Waals surface area contributed by atoms with Crippen LogP contribution in [0.4, 0.5) is 5.13 Å². The first-order valence-electron chi connectivity index (χ1n) is 7.69. The van der Waals surface area contributed by atoms with Gasteiger partial charge in [-0.25, -0.2) is 4.98 Å². The van der Waals surface area contributed by atoms with E-state index in [-0.39, 0.29) is 18.4 Å². The van der Waals surface area contributed by atoms with E-state index in [4.69, 9.17) is 0 Å². The van der Waals surface area contributed by atoms with Crippen LogP contribution in [0.25, 0.3) is 11.0 Å². The zero-order valence-corrected chi connectivity index (χ0v) is 15.3. The topological polar surface area (TPSA) is 96.9 Å². The van der Waals surface area contributed by atoms with Crippen molar-refractivity contribution in [2.24, 2.45) is 0 Å². The van der Waals surface area contributed by atoms with Crippen LogP contribution in [0.1, 0.15) is 24.4 Å². The van der Waals surface area contributed by atoms with Gasteiger partial charge in [0, 0.05) is 28.5 Å². The van der Waals surface area contributed by atoms with Crippen molar-refractivity contribution < 1.29 is 4.79 Å². The number of hydrogen-bond donors (Lipinski definition) is 2. The molecule has 0 bridgehead atoms. The summed E-state index contributed by atoms with van der Waals surface area (Å²) in [6.45, 7) is 0. The number of amides is 1. The molecule has 1 unspecified atom stereocenters. The van der Waals surface area contributed by atoms with E-state index in [1.54, 1.807) is 17.6 Å². The van der Waals surface area contributed by atoms with E-state index in [2.05, 4.69) is 31.2 Å². The third-order valence-electron chi connectivity index (χ3n) is 4.27. The number of aryl methyl sites for hydroxylation is 1. The molecule has 0 fully saturated rings. The van der Waals surface area contributed by atoms with Gasteiger partial charge in [0.25, 0.3) is 0 Å². The van der Waals surface area contributed by atoms with Gasteiger partial charge in [-0.2, -0.15) is 0 Å². The lowest BCUT2D eigenvalue weighted by atomic mass is 9.96. The first kappa shape index (κ1) is 16.2. The Balaban J connectivity index is 1.76. The Morgan fingerprint density at radius 3 is 3.04 bits per heavy atom. The monoisotopic (exact) mass is 420 g/mol. The number of carbonyl (C=O) groups is 1. The zero-order chi connectivity index (χ0) is 17.6. The minimum absolute atomic E-state index is 0.119. The van der Waals surface area contributed by atoms with E-state index in [1.807, 2.05) is 6.07 Å². The van der Waals surface area contributed by atoms with Crippen molar-refractivity contribution in [2.45, 2.75) is 25.3 Å². The van der Waals surface area contributed by atoms with Crippen molar-refractivity contribution in [3.8, 4) is 0 Å². The molecule has 7 nitrogen and oxygen atoms in total. The van der Waals surface area contributed by atoms with Crippen molar-refractivity contribution in [1.29, 1.82) is 0 Å².